The van der Waals surface area contributed by atoms with Crippen LogP contribution in [-0.4, -0.2) is 24.9 Å². The van der Waals surface area contributed by atoms with Crippen LogP contribution in [0.3, 0.4) is 0 Å². The van der Waals surface area contributed by atoms with Crippen LogP contribution in [0.2, 0.25) is 0 Å². The predicted octanol–water partition coefficient (Wildman–Crippen LogP) is 3.54. The van der Waals surface area contributed by atoms with Gasteiger partial charge in [0.2, 0.25) is 0 Å². The highest BCUT2D eigenvalue weighted by molar-refractivity contribution is 7.10. The molecule has 26 heavy (non-hydrogen) atoms. The maximum atomic E-state index is 12.9. The number of nitrogens with two attached hydrogens (primary N) is 1. The minimum absolute atomic E-state index is 0.0877. The Hall–Kier alpha value is -2.43. The van der Waals surface area contributed by atoms with Gasteiger partial charge in [0, 0.05) is 25.2 Å². The Kier molecular flexibility index (Phi) is 5.86. The maximum absolute atomic E-state index is 12.9. The van der Waals surface area contributed by atoms with Gasteiger partial charge < -0.3 is 10.2 Å². The molecule has 0 saturated carbocycles. The first-order valence-electron chi connectivity index (χ1n) is 8.77. The Morgan fingerprint density at radius 2 is 1.62 bits per heavy atom. The zero-order valence-electron chi connectivity index (χ0n) is 15.4. The number of carbonyl (C=O) groups excluding carboxylic acids is 1. The molecule has 0 radical (unpaired) electrons. The molecule has 1 amide bonds. The monoisotopic (exact) mass is 365 g/mol. The van der Waals surface area contributed by atoms with Crippen LogP contribution in [-0.2, 0) is 4.79 Å². The summed E-state index contributed by atoms with van der Waals surface area (Å²) in [5.74, 6) is 0.102. The molecular weight excluding hydrogens is 340 g/mol. The van der Waals surface area contributed by atoms with Gasteiger partial charge in [0.1, 0.15) is 6.04 Å². The topological polar surface area (TPSA) is 36.9 Å². The third-order valence-corrected chi connectivity index (χ3v) is 5.49. The van der Waals surface area contributed by atoms with Gasteiger partial charge in [-0.05, 0) is 18.4 Å². The first-order valence-corrected chi connectivity index (χ1v) is 9.65. The van der Waals surface area contributed by atoms with E-state index in [-0.39, 0.29) is 18.0 Å². The Morgan fingerprint density at radius 3 is 2.19 bits per heavy atom. The molecule has 4 heteroatoms. The zero-order chi connectivity index (χ0) is 18.5. The molecule has 0 aliphatic carbocycles. The number of hydrogen-bond acceptors (Lipinski definition) is 2. The van der Waals surface area contributed by atoms with E-state index in [0.717, 1.165) is 5.56 Å². The molecule has 0 unspecified atom stereocenters. The number of amides is 1. The van der Waals surface area contributed by atoms with E-state index in [1.54, 1.807) is 16.2 Å². The lowest BCUT2D eigenvalue weighted by molar-refractivity contribution is -0.713. The predicted molar refractivity (Wildman–Crippen MR) is 107 cm³/mol. The number of hydrogen-bond donors (Lipinski definition) is 1. The van der Waals surface area contributed by atoms with E-state index in [4.69, 9.17) is 0 Å². The first kappa shape index (κ1) is 18.4. The second kappa shape index (κ2) is 8.30. The lowest BCUT2D eigenvalue weighted by Crippen LogP contribution is -2.88. The molecule has 2 atom stereocenters. The molecule has 0 aliphatic rings. The minimum Gasteiger partial charge on any atom is -0.343 e. The van der Waals surface area contributed by atoms with Crippen molar-refractivity contribution in [3.63, 3.8) is 0 Å². The van der Waals surface area contributed by atoms with Crippen molar-refractivity contribution >= 4 is 17.2 Å². The summed E-state index contributed by atoms with van der Waals surface area (Å²) in [6.07, 6.45) is 0. The minimum atomic E-state index is -0.278. The van der Waals surface area contributed by atoms with E-state index in [9.17, 15) is 4.79 Å². The van der Waals surface area contributed by atoms with Gasteiger partial charge in [0.25, 0.3) is 5.91 Å². The molecule has 3 nitrogen and oxygen atoms in total. The van der Waals surface area contributed by atoms with Crippen molar-refractivity contribution in [1.82, 2.24) is 4.90 Å². The van der Waals surface area contributed by atoms with Gasteiger partial charge in [0.05, 0.1) is 4.88 Å². The summed E-state index contributed by atoms with van der Waals surface area (Å²) in [6.45, 7) is 2.09. The van der Waals surface area contributed by atoms with Crippen molar-refractivity contribution in [3.05, 3.63) is 93.7 Å². The van der Waals surface area contributed by atoms with Crippen LogP contribution in [0.4, 0.5) is 0 Å². The lowest BCUT2D eigenvalue weighted by atomic mass is 9.99. The van der Waals surface area contributed by atoms with Crippen molar-refractivity contribution in [1.29, 1.82) is 0 Å². The van der Waals surface area contributed by atoms with Gasteiger partial charge in [-0.2, -0.15) is 0 Å². The molecule has 3 aromatic rings. The molecule has 2 aromatic carbocycles. The normalized spacial score (nSPS) is 13.2. The number of nitrogens with zero attached hydrogens (tertiary/aromatic N) is 1. The third kappa shape index (κ3) is 4.21. The second-order valence-corrected chi connectivity index (χ2v) is 7.70. The largest absolute Gasteiger partial charge is 0.343 e. The van der Waals surface area contributed by atoms with E-state index in [2.05, 4.69) is 54.0 Å². The molecule has 0 spiro atoms. The van der Waals surface area contributed by atoms with Crippen LogP contribution in [0, 0.1) is 6.92 Å². The van der Waals surface area contributed by atoms with Crippen molar-refractivity contribution < 1.29 is 10.1 Å². The number of benzene rings is 2. The third-order valence-electron chi connectivity index (χ3n) is 4.54. The fourth-order valence-corrected chi connectivity index (χ4v) is 3.91. The standard InChI is InChI=1S/C22H24N2OS/c1-16-11-13-18(14-12-16)20(19-10-7-15-26-19)23-21(22(25)24(2)3)17-8-5-4-6-9-17/h4-15,20-21,23H,1-3H3/p+1/t20-,21+/m0/s1. The summed E-state index contributed by atoms with van der Waals surface area (Å²) < 4.78 is 0. The lowest BCUT2D eigenvalue weighted by Gasteiger charge is -2.24. The molecule has 0 saturated heterocycles. The smallest absolute Gasteiger partial charge is 0.285 e. The average molecular weight is 366 g/mol. The summed E-state index contributed by atoms with van der Waals surface area (Å²) in [5.41, 5.74) is 3.48. The van der Waals surface area contributed by atoms with Crippen molar-refractivity contribution in [2.24, 2.45) is 0 Å². The summed E-state index contributed by atoms with van der Waals surface area (Å²) >= 11 is 1.73. The van der Waals surface area contributed by atoms with E-state index >= 15 is 0 Å². The number of quaternary nitrogens is 1. The Bertz CT molecular complexity index is 826. The van der Waals surface area contributed by atoms with E-state index in [1.165, 1.54) is 16.0 Å². The van der Waals surface area contributed by atoms with Gasteiger partial charge in [0.15, 0.2) is 6.04 Å². The van der Waals surface area contributed by atoms with E-state index in [1.807, 2.05) is 44.4 Å². The molecule has 0 fully saturated rings. The number of rotatable bonds is 6. The highest BCUT2D eigenvalue weighted by Crippen LogP contribution is 2.25. The van der Waals surface area contributed by atoms with E-state index < -0.39 is 0 Å². The molecule has 2 N–H and O–H groups in total. The Morgan fingerprint density at radius 1 is 0.923 bits per heavy atom. The zero-order valence-corrected chi connectivity index (χ0v) is 16.2. The van der Waals surface area contributed by atoms with Crippen LogP contribution in [0.1, 0.15) is 33.7 Å². The summed E-state index contributed by atoms with van der Waals surface area (Å²) in [4.78, 5) is 15.9. The molecule has 0 bridgehead atoms. The van der Waals surface area contributed by atoms with Crippen LogP contribution in [0.5, 0.6) is 0 Å². The summed E-state index contributed by atoms with van der Waals surface area (Å²) in [7, 11) is 3.64. The molecule has 1 aromatic heterocycles. The van der Waals surface area contributed by atoms with Crippen LogP contribution in [0.25, 0.3) is 0 Å². The van der Waals surface area contributed by atoms with Gasteiger partial charge in [-0.1, -0.05) is 66.2 Å². The quantitative estimate of drug-likeness (QED) is 0.713. The van der Waals surface area contributed by atoms with Gasteiger partial charge in [-0.15, -0.1) is 11.3 Å². The number of carbonyl (C=O) groups is 1. The fourth-order valence-electron chi connectivity index (χ4n) is 3.08. The van der Waals surface area contributed by atoms with Gasteiger partial charge >= 0.3 is 0 Å². The number of likely N-dealkylation sites (N-methyl/N-ethyl adjacent to an activating group) is 1. The van der Waals surface area contributed by atoms with Crippen molar-refractivity contribution in [3.8, 4) is 0 Å². The van der Waals surface area contributed by atoms with Crippen LogP contribution < -0.4 is 5.32 Å². The maximum Gasteiger partial charge on any atom is 0.285 e. The van der Waals surface area contributed by atoms with Crippen molar-refractivity contribution in [2.45, 2.75) is 19.0 Å². The van der Waals surface area contributed by atoms with E-state index in [0.29, 0.717) is 0 Å². The Labute approximate surface area is 159 Å². The highest BCUT2D eigenvalue weighted by atomic mass is 32.1. The molecular formula is C22H25N2OS+. The summed E-state index contributed by atoms with van der Waals surface area (Å²) in [5, 5.41) is 4.28. The number of thiophene rings is 1. The van der Waals surface area contributed by atoms with Crippen LogP contribution >= 0.6 is 11.3 Å². The van der Waals surface area contributed by atoms with Gasteiger partial charge in [-0.25, -0.2) is 0 Å². The Balaban J connectivity index is 1.99. The highest BCUT2D eigenvalue weighted by Gasteiger charge is 2.31. The first-order chi connectivity index (χ1) is 12.6. The van der Waals surface area contributed by atoms with Crippen molar-refractivity contribution in [2.75, 3.05) is 14.1 Å². The fraction of sp³-hybridized carbons (Fsp3) is 0.227. The van der Waals surface area contributed by atoms with Crippen LogP contribution in [0.15, 0.2) is 72.1 Å². The molecule has 3 rings (SSSR count). The molecule has 1 heterocycles. The molecule has 134 valence electrons. The SMILES string of the molecule is Cc1ccc([C@H]([NH2+][C@@H](C(=O)N(C)C)c2ccccc2)c2cccs2)cc1. The van der Waals surface area contributed by atoms with Gasteiger partial charge in [-0.3, -0.25) is 4.79 Å². The summed E-state index contributed by atoms with van der Waals surface area (Å²) in [6, 6.07) is 22.7. The second-order valence-electron chi connectivity index (χ2n) is 6.72. The molecule has 0 aliphatic heterocycles. The average Bonchev–Trinajstić information content (AvgIpc) is 3.18. The number of aryl methyl sites for hydroxylation is 1.